The van der Waals surface area contributed by atoms with Crippen molar-refractivity contribution in [3.8, 4) is 0 Å². The molecule has 0 atom stereocenters. The second-order valence-corrected chi connectivity index (χ2v) is 4.54. The van der Waals surface area contributed by atoms with E-state index in [0.717, 1.165) is 12.0 Å². The van der Waals surface area contributed by atoms with Gasteiger partial charge in [0.05, 0.1) is 0 Å². The zero-order valence-corrected chi connectivity index (χ0v) is 11.3. The Kier molecular flexibility index (Phi) is 4.55. The highest BCUT2D eigenvalue weighted by atomic mass is 14.0. The first kappa shape index (κ1) is 13.1. The summed E-state index contributed by atoms with van der Waals surface area (Å²) in [7, 11) is 0. The van der Waals surface area contributed by atoms with Gasteiger partial charge in [0.1, 0.15) is 0 Å². The zero-order chi connectivity index (χ0) is 13.5. The van der Waals surface area contributed by atoms with E-state index >= 15 is 0 Å². The minimum atomic E-state index is 0.826. The van der Waals surface area contributed by atoms with Crippen LogP contribution in [0.2, 0.25) is 0 Å². The van der Waals surface area contributed by atoms with Crippen molar-refractivity contribution in [2.45, 2.75) is 13.3 Å². The molecule has 0 aliphatic heterocycles. The first-order valence-electron chi connectivity index (χ1n) is 6.48. The van der Waals surface area contributed by atoms with Crippen molar-refractivity contribution in [1.82, 2.24) is 0 Å². The van der Waals surface area contributed by atoms with Crippen molar-refractivity contribution in [3.05, 3.63) is 89.7 Å². The van der Waals surface area contributed by atoms with E-state index in [9.17, 15) is 0 Å². The van der Waals surface area contributed by atoms with E-state index in [0.29, 0.717) is 0 Å². The molecule has 0 fully saturated rings. The van der Waals surface area contributed by atoms with E-state index in [1.165, 1.54) is 16.7 Å². The van der Waals surface area contributed by atoms with Crippen LogP contribution in [-0.4, -0.2) is 0 Å². The van der Waals surface area contributed by atoms with Gasteiger partial charge in [-0.15, -0.1) is 12.3 Å². The molecular formula is C19H18. The maximum absolute atomic E-state index is 3.82. The molecule has 0 spiro atoms. The molecule has 0 saturated carbocycles. The van der Waals surface area contributed by atoms with Gasteiger partial charge in [0.15, 0.2) is 0 Å². The molecule has 2 rings (SSSR count). The van der Waals surface area contributed by atoms with Gasteiger partial charge in [-0.05, 0) is 30.5 Å². The Morgan fingerprint density at radius 1 is 1.05 bits per heavy atom. The third-order valence-electron chi connectivity index (χ3n) is 2.96. The van der Waals surface area contributed by atoms with Gasteiger partial charge in [-0.3, -0.25) is 0 Å². The third kappa shape index (κ3) is 3.84. The largest absolute Gasteiger partial charge is 0.116 e. The van der Waals surface area contributed by atoms with Gasteiger partial charge in [0.25, 0.3) is 0 Å². The molecule has 0 unspecified atom stereocenters. The fourth-order valence-corrected chi connectivity index (χ4v) is 1.88. The van der Waals surface area contributed by atoms with Crippen LogP contribution < -0.4 is 0 Å². The Morgan fingerprint density at radius 3 is 2.37 bits per heavy atom. The lowest BCUT2D eigenvalue weighted by molar-refractivity contribution is 1.38. The summed E-state index contributed by atoms with van der Waals surface area (Å²) in [6.45, 7) is 5.92. The Labute approximate surface area is 115 Å². The van der Waals surface area contributed by atoms with E-state index < -0.39 is 0 Å². The maximum Gasteiger partial charge on any atom is 0.00498 e. The van der Waals surface area contributed by atoms with Crippen LogP contribution in [0.4, 0.5) is 0 Å². The molecule has 2 aromatic carbocycles. The lowest BCUT2D eigenvalue weighted by Crippen LogP contribution is -1.82. The van der Waals surface area contributed by atoms with Gasteiger partial charge in [0.2, 0.25) is 0 Å². The van der Waals surface area contributed by atoms with Gasteiger partial charge < -0.3 is 0 Å². The molecule has 0 amide bonds. The van der Waals surface area contributed by atoms with Crippen LogP contribution in [-0.2, 0) is 0 Å². The molecule has 0 nitrogen and oxygen atoms in total. The fourth-order valence-electron chi connectivity index (χ4n) is 1.88. The lowest BCUT2D eigenvalue weighted by atomic mass is 10.0. The Hall–Kier alpha value is -2.30. The number of rotatable bonds is 4. The van der Waals surface area contributed by atoms with Crippen molar-refractivity contribution in [2.24, 2.45) is 0 Å². The predicted molar refractivity (Wildman–Crippen MR) is 83.8 cm³/mol. The summed E-state index contributed by atoms with van der Waals surface area (Å²) < 4.78 is 0. The summed E-state index contributed by atoms with van der Waals surface area (Å²) in [6, 6.07) is 18.8. The van der Waals surface area contributed by atoms with Gasteiger partial charge in [-0.25, -0.2) is 0 Å². The molecule has 0 bridgehead atoms. The average Bonchev–Trinajstić information content (AvgIpc) is 2.46. The van der Waals surface area contributed by atoms with E-state index in [1.54, 1.807) is 0 Å². The third-order valence-corrected chi connectivity index (χ3v) is 2.96. The van der Waals surface area contributed by atoms with E-state index in [1.807, 2.05) is 30.4 Å². The van der Waals surface area contributed by atoms with E-state index in [4.69, 9.17) is 0 Å². The number of hydrogen-bond acceptors (Lipinski definition) is 0. The summed E-state index contributed by atoms with van der Waals surface area (Å²) in [6.07, 6.45) is 4.77. The number of hydrogen-bond donors (Lipinski definition) is 0. The van der Waals surface area contributed by atoms with Crippen LogP contribution in [0.5, 0.6) is 0 Å². The molecule has 0 radical (unpaired) electrons. The highest BCUT2D eigenvalue weighted by molar-refractivity contribution is 5.70. The monoisotopic (exact) mass is 246 g/mol. The molecular weight excluding hydrogens is 228 g/mol. The molecule has 0 aliphatic carbocycles. The lowest BCUT2D eigenvalue weighted by Gasteiger charge is -2.02. The first-order chi connectivity index (χ1) is 9.29. The van der Waals surface area contributed by atoms with E-state index in [2.05, 4.69) is 55.6 Å². The quantitative estimate of drug-likeness (QED) is 0.509. The van der Waals surface area contributed by atoms with Gasteiger partial charge in [-0.2, -0.15) is 0 Å². The van der Waals surface area contributed by atoms with Crippen LogP contribution in [0, 0.1) is 6.92 Å². The summed E-state index contributed by atoms with van der Waals surface area (Å²) in [5.74, 6) is 0. The van der Waals surface area contributed by atoms with Crippen molar-refractivity contribution < 1.29 is 0 Å². The van der Waals surface area contributed by atoms with Crippen molar-refractivity contribution in [2.75, 3.05) is 0 Å². The molecule has 19 heavy (non-hydrogen) atoms. The SMILES string of the molecule is C=CCC(=C=Cc1ccccc1)c1ccc(C)cc1. The smallest absolute Gasteiger partial charge is 0.00498 e. The molecule has 0 heteroatoms. The Morgan fingerprint density at radius 2 is 1.74 bits per heavy atom. The summed E-state index contributed by atoms with van der Waals surface area (Å²) in [5.41, 5.74) is 8.20. The van der Waals surface area contributed by atoms with Crippen LogP contribution in [0.25, 0.3) is 11.6 Å². The Bertz CT molecular complexity index is 594. The highest BCUT2D eigenvalue weighted by Crippen LogP contribution is 2.18. The van der Waals surface area contributed by atoms with Gasteiger partial charge >= 0.3 is 0 Å². The summed E-state index contributed by atoms with van der Waals surface area (Å²) >= 11 is 0. The van der Waals surface area contributed by atoms with Crippen LogP contribution in [0.1, 0.15) is 23.1 Å². The topological polar surface area (TPSA) is 0 Å². The minimum absolute atomic E-state index is 0.826. The number of allylic oxidation sites excluding steroid dienone is 2. The van der Waals surface area contributed by atoms with Crippen LogP contribution in [0.15, 0.2) is 73.0 Å². The van der Waals surface area contributed by atoms with Crippen molar-refractivity contribution in [1.29, 1.82) is 0 Å². The maximum atomic E-state index is 3.82. The molecule has 0 heterocycles. The molecule has 94 valence electrons. The van der Waals surface area contributed by atoms with Gasteiger partial charge in [0, 0.05) is 5.57 Å². The Balaban J connectivity index is 2.37. The molecule has 0 aliphatic rings. The zero-order valence-electron chi connectivity index (χ0n) is 11.3. The minimum Gasteiger partial charge on any atom is -0.116 e. The van der Waals surface area contributed by atoms with E-state index in [-0.39, 0.29) is 0 Å². The molecule has 0 aromatic heterocycles. The highest BCUT2D eigenvalue weighted by Gasteiger charge is 1.98. The summed E-state index contributed by atoms with van der Waals surface area (Å²) in [4.78, 5) is 0. The molecule has 0 saturated heterocycles. The summed E-state index contributed by atoms with van der Waals surface area (Å²) in [5, 5.41) is 0. The normalized spacial score (nSPS) is 9.53. The van der Waals surface area contributed by atoms with Crippen LogP contribution >= 0.6 is 0 Å². The standard InChI is InChI=1S/C19H18/c1-3-7-18(19-13-10-16(2)11-14-19)15-12-17-8-5-4-6-9-17/h3-6,8-14H,1,7H2,2H3. The first-order valence-corrected chi connectivity index (χ1v) is 6.48. The number of aryl methyl sites for hydroxylation is 1. The van der Waals surface area contributed by atoms with Crippen LogP contribution in [0.3, 0.4) is 0 Å². The van der Waals surface area contributed by atoms with Crippen molar-refractivity contribution in [3.63, 3.8) is 0 Å². The second-order valence-electron chi connectivity index (χ2n) is 4.54. The predicted octanol–water partition coefficient (Wildman–Crippen LogP) is 5.27. The number of benzene rings is 2. The fraction of sp³-hybridized carbons (Fsp3) is 0.105. The average molecular weight is 246 g/mol. The molecule has 0 N–H and O–H groups in total. The van der Waals surface area contributed by atoms with Crippen molar-refractivity contribution >= 4 is 11.6 Å². The second kappa shape index (κ2) is 6.58. The molecule has 2 aromatic rings. The van der Waals surface area contributed by atoms with Gasteiger partial charge in [-0.1, -0.05) is 66.2 Å².